The minimum absolute atomic E-state index is 0. The number of hydrogen-bond acceptors (Lipinski definition) is 8. The van der Waals surface area contributed by atoms with Gasteiger partial charge in [-0.2, -0.15) is 0 Å². The van der Waals surface area contributed by atoms with Crippen molar-refractivity contribution in [1.29, 1.82) is 0 Å². The van der Waals surface area contributed by atoms with Crippen molar-refractivity contribution in [2.75, 3.05) is 6.54 Å². The SMILES string of the molecule is Cc1ncc(CCCCC(=O)Cc2sc3c(c2-c2nc4cnccc4s2)CCNC3)s1.[HH]. The highest BCUT2D eigenvalue weighted by atomic mass is 32.1. The van der Waals surface area contributed by atoms with Crippen molar-refractivity contribution in [1.82, 2.24) is 20.3 Å². The fraction of sp³-hybridized carbons (Fsp3) is 0.391. The smallest absolute Gasteiger partial charge is 0.138 e. The number of ketones is 1. The van der Waals surface area contributed by atoms with E-state index in [-0.39, 0.29) is 1.43 Å². The Balaban J connectivity index is 0.00000245. The molecule has 0 atom stereocenters. The summed E-state index contributed by atoms with van der Waals surface area (Å²) in [5.74, 6) is 0.330. The highest BCUT2D eigenvalue weighted by Crippen LogP contribution is 2.41. The quantitative estimate of drug-likeness (QED) is 0.340. The van der Waals surface area contributed by atoms with Crippen LogP contribution in [0.2, 0.25) is 0 Å². The first kappa shape index (κ1) is 20.9. The fourth-order valence-electron chi connectivity index (χ4n) is 4.06. The lowest BCUT2D eigenvalue weighted by Gasteiger charge is -2.13. The second-order valence-corrected chi connectivity index (χ2v) is 11.4. The van der Waals surface area contributed by atoms with Gasteiger partial charge in [-0.1, -0.05) is 0 Å². The number of carbonyl (C=O) groups is 1. The van der Waals surface area contributed by atoms with Crippen LogP contribution in [0.25, 0.3) is 20.8 Å². The van der Waals surface area contributed by atoms with Gasteiger partial charge in [0.1, 0.15) is 16.3 Å². The van der Waals surface area contributed by atoms with Gasteiger partial charge in [0.15, 0.2) is 0 Å². The lowest BCUT2D eigenvalue weighted by molar-refractivity contribution is -0.118. The Morgan fingerprint density at radius 1 is 1.23 bits per heavy atom. The Labute approximate surface area is 195 Å². The van der Waals surface area contributed by atoms with Crippen LogP contribution in [0.1, 0.15) is 45.9 Å². The minimum atomic E-state index is 0. The molecule has 31 heavy (non-hydrogen) atoms. The zero-order valence-corrected chi connectivity index (χ0v) is 19.9. The van der Waals surface area contributed by atoms with Crippen molar-refractivity contribution < 1.29 is 6.22 Å². The number of carbonyl (C=O) groups excluding carboxylic acids is 1. The molecule has 1 aliphatic rings. The average Bonchev–Trinajstić information content (AvgIpc) is 3.46. The van der Waals surface area contributed by atoms with Gasteiger partial charge >= 0.3 is 0 Å². The van der Waals surface area contributed by atoms with E-state index in [0.717, 1.165) is 59.0 Å². The number of hydrogen-bond donors (Lipinski definition) is 1. The topological polar surface area (TPSA) is 67.8 Å². The van der Waals surface area contributed by atoms with Gasteiger partial charge < -0.3 is 5.32 Å². The number of aryl methyl sites for hydroxylation is 2. The fourth-order valence-corrected chi connectivity index (χ4v) is 7.35. The monoisotopic (exact) mass is 470 g/mol. The van der Waals surface area contributed by atoms with Crippen LogP contribution in [0.5, 0.6) is 0 Å². The van der Waals surface area contributed by atoms with Crippen molar-refractivity contribution in [2.24, 2.45) is 0 Å². The molecule has 8 heteroatoms. The predicted octanol–water partition coefficient (Wildman–Crippen LogP) is 5.60. The maximum absolute atomic E-state index is 12.9. The molecule has 1 N–H and O–H groups in total. The number of pyridine rings is 1. The molecule has 5 rings (SSSR count). The number of rotatable bonds is 8. The number of aromatic nitrogens is 3. The predicted molar refractivity (Wildman–Crippen MR) is 131 cm³/mol. The summed E-state index contributed by atoms with van der Waals surface area (Å²) >= 11 is 5.26. The molecule has 0 spiro atoms. The van der Waals surface area contributed by atoms with Gasteiger partial charge in [-0.3, -0.25) is 9.78 Å². The van der Waals surface area contributed by atoms with Crippen molar-refractivity contribution in [3.63, 3.8) is 0 Å². The summed E-state index contributed by atoms with van der Waals surface area (Å²) in [6, 6.07) is 2.02. The maximum Gasteiger partial charge on any atom is 0.138 e. The van der Waals surface area contributed by atoms with E-state index in [1.807, 2.05) is 31.6 Å². The molecule has 0 aliphatic carbocycles. The van der Waals surface area contributed by atoms with Gasteiger partial charge in [-0.05, 0) is 50.8 Å². The van der Waals surface area contributed by atoms with Crippen LogP contribution in [0, 0.1) is 6.92 Å². The number of thiophene rings is 1. The lowest BCUT2D eigenvalue weighted by atomic mass is 10.00. The summed E-state index contributed by atoms with van der Waals surface area (Å²) in [5, 5.41) is 5.61. The Kier molecular flexibility index (Phi) is 6.22. The molecule has 0 saturated heterocycles. The number of nitrogens with zero attached hydrogens (tertiary/aromatic N) is 3. The second-order valence-electron chi connectivity index (χ2n) is 7.86. The first-order chi connectivity index (χ1) is 15.2. The van der Waals surface area contributed by atoms with Crippen molar-refractivity contribution in [2.45, 2.75) is 52.0 Å². The van der Waals surface area contributed by atoms with E-state index in [9.17, 15) is 4.79 Å². The first-order valence-electron chi connectivity index (χ1n) is 10.7. The molecule has 162 valence electrons. The number of unbranched alkanes of at least 4 members (excludes halogenated alkanes) is 1. The molecule has 4 aromatic rings. The molecular weight excluding hydrogens is 444 g/mol. The summed E-state index contributed by atoms with van der Waals surface area (Å²) < 4.78 is 1.15. The largest absolute Gasteiger partial charge is 0.312 e. The van der Waals surface area contributed by atoms with Gasteiger partial charge in [0.2, 0.25) is 0 Å². The van der Waals surface area contributed by atoms with E-state index in [2.05, 4.69) is 15.3 Å². The third-order valence-corrected chi connectivity index (χ3v) is 8.82. The van der Waals surface area contributed by atoms with Crippen molar-refractivity contribution in [3.05, 3.63) is 49.9 Å². The van der Waals surface area contributed by atoms with Crippen LogP contribution >= 0.6 is 34.0 Å². The summed E-state index contributed by atoms with van der Waals surface area (Å²) in [6.45, 7) is 3.91. The van der Waals surface area contributed by atoms with Gasteiger partial charge in [0, 0.05) is 53.4 Å². The zero-order valence-electron chi connectivity index (χ0n) is 17.4. The van der Waals surface area contributed by atoms with Crippen molar-refractivity contribution in [3.8, 4) is 10.6 Å². The van der Waals surface area contributed by atoms with Gasteiger partial charge in [-0.25, -0.2) is 9.97 Å². The summed E-state index contributed by atoms with van der Waals surface area (Å²) in [6.07, 6.45) is 10.7. The second kappa shape index (κ2) is 9.24. The normalized spacial score (nSPS) is 13.6. The first-order valence-corrected chi connectivity index (χ1v) is 13.1. The standard InChI is InChI=1S/C23H24N4OS3.H2/c1-14-26-11-16(29-14)5-3-2-4-15(28)10-20-22(17-6-8-25-13-21(17)30-20)23-27-18-12-24-9-7-19(18)31-23;/h7,9,11-12,25H,2-6,8,10,13H2,1H3;1H. The van der Waals surface area contributed by atoms with E-state index in [4.69, 9.17) is 4.98 Å². The highest BCUT2D eigenvalue weighted by Gasteiger charge is 2.25. The summed E-state index contributed by atoms with van der Waals surface area (Å²) in [7, 11) is 0. The molecule has 5 heterocycles. The molecule has 0 unspecified atom stereocenters. The summed E-state index contributed by atoms with van der Waals surface area (Å²) in [5.41, 5.74) is 3.54. The van der Waals surface area contributed by atoms with E-state index in [1.54, 1.807) is 34.0 Å². The number of fused-ring (bicyclic) bond motifs is 2. The Bertz CT molecular complexity index is 1200. The third kappa shape index (κ3) is 4.62. The molecule has 0 radical (unpaired) electrons. The van der Waals surface area contributed by atoms with Crippen LogP contribution in [0.4, 0.5) is 0 Å². The van der Waals surface area contributed by atoms with Gasteiger partial charge in [0.25, 0.3) is 0 Å². The van der Waals surface area contributed by atoms with Crippen LogP contribution < -0.4 is 5.32 Å². The molecule has 1 aliphatic heterocycles. The number of Topliss-reactive ketones (excluding diaryl/α,β-unsaturated/α-hetero) is 1. The number of thiazole rings is 2. The Morgan fingerprint density at radius 3 is 3.00 bits per heavy atom. The zero-order chi connectivity index (χ0) is 21.2. The minimum Gasteiger partial charge on any atom is -0.312 e. The van der Waals surface area contributed by atoms with E-state index in [1.165, 1.54) is 25.8 Å². The Hall–Kier alpha value is -2.00. The van der Waals surface area contributed by atoms with Crippen LogP contribution in [-0.4, -0.2) is 27.3 Å². The van der Waals surface area contributed by atoms with E-state index in [0.29, 0.717) is 18.6 Å². The average molecular weight is 471 g/mol. The van der Waals surface area contributed by atoms with Crippen LogP contribution in [-0.2, 0) is 30.6 Å². The molecule has 0 fully saturated rings. The molecule has 4 aromatic heterocycles. The molecule has 0 amide bonds. The third-order valence-electron chi connectivity index (χ3n) is 5.56. The molecule has 5 nitrogen and oxygen atoms in total. The summed E-state index contributed by atoms with van der Waals surface area (Å²) in [4.78, 5) is 30.1. The van der Waals surface area contributed by atoms with E-state index >= 15 is 0 Å². The number of nitrogens with one attached hydrogen (secondary N) is 1. The Morgan fingerprint density at radius 2 is 2.16 bits per heavy atom. The molecule has 0 bridgehead atoms. The highest BCUT2D eigenvalue weighted by molar-refractivity contribution is 7.22. The van der Waals surface area contributed by atoms with Gasteiger partial charge in [-0.15, -0.1) is 34.0 Å². The lowest BCUT2D eigenvalue weighted by Crippen LogP contribution is -2.22. The molecule has 0 saturated carbocycles. The van der Waals surface area contributed by atoms with Crippen molar-refractivity contribution >= 4 is 50.0 Å². The van der Waals surface area contributed by atoms with Crippen LogP contribution in [0.15, 0.2) is 24.7 Å². The maximum atomic E-state index is 12.9. The van der Waals surface area contributed by atoms with E-state index < -0.39 is 0 Å². The molecular formula is C23H26N4OS3. The van der Waals surface area contributed by atoms with Crippen LogP contribution in [0.3, 0.4) is 0 Å². The van der Waals surface area contributed by atoms with Gasteiger partial charge in [0.05, 0.1) is 15.9 Å². The molecule has 0 aromatic carbocycles.